The minimum absolute atomic E-state index is 0.181. The minimum atomic E-state index is -0.181. The van der Waals surface area contributed by atoms with Crippen LogP contribution in [0.15, 0.2) is 30.5 Å². The first-order valence-electron chi connectivity index (χ1n) is 6.60. The highest BCUT2D eigenvalue weighted by molar-refractivity contribution is 14.1. The normalized spacial score (nSPS) is 12.9. The highest BCUT2D eigenvalue weighted by atomic mass is 127. The Morgan fingerprint density at radius 1 is 1.38 bits per heavy atom. The van der Waals surface area contributed by atoms with Crippen LogP contribution in [0.3, 0.4) is 0 Å². The van der Waals surface area contributed by atoms with E-state index in [1.807, 2.05) is 30.9 Å². The summed E-state index contributed by atoms with van der Waals surface area (Å²) in [5.41, 5.74) is 4.80. The molecule has 2 aromatic rings. The summed E-state index contributed by atoms with van der Waals surface area (Å²) >= 11 is 8.60. The molecular formula is C14H19ClIN5. The van der Waals surface area contributed by atoms with Crippen molar-refractivity contribution in [2.75, 3.05) is 20.6 Å². The Hall–Kier alpha value is -0.670. The smallest absolute Gasteiger partial charge is 0.0893 e. The Balaban J connectivity index is 2.33. The molecule has 1 unspecified atom stereocenters. The molecule has 21 heavy (non-hydrogen) atoms. The number of nitrogens with two attached hydrogens (primary N) is 1. The average Bonchev–Trinajstić information content (AvgIpc) is 2.81. The third kappa shape index (κ3) is 4.17. The molecule has 3 N–H and O–H groups in total. The molecule has 0 amide bonds. The Kier molecular flexibility index (Phi) is 6.00. The molecule has 0 radical (unpaired) electrons. The van der Waals surface area contributed by atoms with Gasteiger partial charge in [-0.15, -0.1) is 0 Å². The van der Waals surface area contributed by atoms with Crippen molar-refractivity contribution in [1.29, 1.82) is 0 Å². The van der Waals surface area contributed by atoms with Gasteiger partial charge in [-0.2, -0.15) is 5.10 Å². The van der Waals surface area contributed by atoms with Crippen LogP contribution in [0.25, 0.3) is 0 Å². The van der Waals surface area contributed by atoms with E-state index in [1.165, 1.54) is 3.57 Å². The van der Waals surface area contributed by atoms with Crippen LogP contribution in [-0.2, 0) is 6.54 Å². The fourth-order valence-electron chi connectivity index (χ4n) is 2.12. The van der Waals surface area contributed by atoms with Crippen LogP contribution in [0.5, 0.6) is 0 Å². The van der Waals surface area contributed by atoms with E-state index in [4.69, 9.17) is 17.4 Å². The summed E-state index contributed by atoms with van der Waals surface area (Å²) in [7, 11) is 4.06. The molecule has 0 bridgehead atoms. The van der Waals surface area contributed by atoms with Gasteiger partial charge in [-0.05, 0) is 54.4 Å². The first-order chi connectivity index (χ1) is 10.0. The lowest BCUT2D eigenvalue weighted by Crippen LogP contribution is -2.32. The molecule has 0 saturated heterocycles. The summed E-state index contributed by atoms with van der Waals surface area (Å²) in [6.07, 6.45) is 1.67. The second-order valence-corrected chi connectivity index (χ2v) is 6.71. The molecule has 7 heteroatoms. The number of hydrogen-bond donors (Lipinski definition) is 2. The molecule has 0 aliphatic rings. The summed E-state index contributed by atoms with van der Waals surface area (Å²) in [5.74, 6) is 5.77. The fourth-order valence-corrected chi connectivity index (χ4v) is 2.73. The third-order valence-electron chi connectivity index (χ3n) is 3.24. The van der Waals surface area contributed by atoms with Gasteiger partial charge in [-0.1, -0.05) is 23.7 Å². The summed E-state index contributed by atoms with van der Waals surface area (Å²) in [6, 6.07) is 8.01. The zero-order chi connectivity index (χ0) is 15.4. The van der Waals surface area contributed by atoms with E-state index < -0.39 is 0 Å². The van der Waals surface area contributed by atoms with Gasteiger partial charge in [0, 0.05) is 10.1 Å². The number of rotatable bonds is 6. The number of halogens is 2. The van der Waals surface area contributed by atoms with Crippen molar-refractivity contribution in [2.24, 2.45) is 5.84 Å². The van der Waals surface area contributed by atoms with Crippen molar-refractivity contribution in [3.8, 4) is 0 Å². The summed E-state index contributed by atoms with van der Waals surface area (Å²) in [6.45, 7) is 1.65. The van der Waals surface area contributed by atoms with Crippen molar-refractivity contribution < 1.29 is 0 Å². The van der Waals surface area contributed by atoms with Gasteiger partial charge < -0.3 is 4.90 Å². The topological polar surface area (TPSA) is 59.1 Å². The van der Waals surface area contributed by atoms with Gasteiger partial charge in [0.15, 0.2) is 0 Å². The van der Waals surface area contributed by atoms with Crippen LogP contribution in [-0.4, -0.2) is 35.3 Å². The van der Waals surface area contributed by atoms with E-state index in [9.17, 15) is 0 Å². The fraction of sp³-hybridized carbons (Fsp3) is 0.357. The van der Waals surface area contributed by atoms with Gasteiger partial charge in [-0.25, -0.2) is 5.43 Å². The van der Waals surface area contributed by atoms with Crippen LogP contribution in [0, 0.1) is 3.57 Å². The Morgan fingerprint density at radius 2 is 2.05 bits per heavy atom. The maximum absolute atomic E-state index is 6.32. The van der Waals surface area contributed by atoms with Crippen LogP contribution in [0.2, 0.25) is 5.02 Å². The van der Waals surface area contributed by atoms with Crippen molar-refractivity contribution >= 4 is 34.2 Å². The molecule has 0 aliphatic heterocycles. The largest absolute Gasteiger partial charge is 0.308 e. The van der Waals surface area contributed by atoms with E-state index in [0.29, 0.717) is 5.02 Å². The molecule has 5 nitrogen and oxygen atoms in total. The standard InChI is InChI=1S/C14H19ClIN5/c1-20(2)7-8-21-14(12(15)9-18-21)13(19-17)10-3-5-11(16)6-4-10/h3-6,9,13,19H,7-8,17H2,1-2H3. The van der Waals surface area contributed by atoms with Gasteiger partial charge in [0.2, 0.25) is 0 Å². The van der Waals surface area contributed by atoms with Gasteiger partial charge in [0.1, 0.15) is 0 Å². The van der Waals surface area contributed by atoms with E-state index >= 15 is 0 Å². The molecule has 0 fully saturated rings. The van der Waals surface area contributed by atoms with Crippen LogP contribution < -0.4 is 11.3 Å². The lowest BCUT2D eigenvalue weighted by Gasteiger charge is -2.20. The van der Waals surface area contributed by atoms with Crippen LogP contribution in [0.1, 0.15) is 17.3 Å². The predicted molar refractivity (Wildman–Crippen MR) is 94.1 cm³/mol. The second kappa shape index (κ2) is 7.55. The number of aromatic nitrogens is 2. The predicted octanol–water partition coefficient (Wildman–Crippen LogP) is 2.26. The van der Waals surface area contributed by atoms with Gasteiger partial charge >= 0.3 is 0 Å². The molecule has 1 aromatic carbocycles. The first-order valence-corrected chi connectivity index (χ1v) is 8.06. The monoisotopic (exact) mass is 419 g/mol. The van der Waals surface area contributed by atoms with Crippen molar-refractivity contribution in [1.82, 2.24) is 20.1 Å². The number of likely N-dealkylation sites (N-methyl/N-ethyl adjacent to an activating group) is 1. The SMILES string of the molecule is CN(C)CCn1ncc(Cl)c1C(NN)c1ccc(I)cc1. The van der Waals surface area contributed by atoms with Crippen LogP contribution >= 0.6 is 34.2 Å². The Bertz CT molecular complexity index is 582. The Morgan fingerprint density at radius 3 is 2.62 bits per heavy atom. The summed E-state index contributed by atoms with van der Waals surface area (Å²) in [4.78, 5) is 2.11. The van der Waals surface area contributed by atoms with Gasteiger partial charge in [-0.3, -0.25) is 10.5 Å². The molecule has 0 spiro atoms. The van der Waals surface area contributed by atoms with Crippen LogP contribution in [0.4, 0.5) is 0 Å². The van der Waals surface area contributed by atoms with E-state index in [0.717, 1.165) is 24.3 Å². The van der Waals surface area contributed by atoms with E-state index in [2.05, 4.69) is 50.1 Å². The molecule has 0 aliphatic carbocycles. The zero-order valence-corrected chi connectivity index (χ0v) is 15.0. The summed E-state index contributed by atoms with van der Waals surface area (Å²) in [5, 5.41) is 4.98. The highest BCUT2D eigenvalue weighted by Crippen LogP contribution is 2.28. The molecule has 114 valence electrons. The molecule has 1 atom stereocenters. The van der Waals surface area contributed by atoms with E-state index in [-0.39, 0.29) is 6.04 Å². The Labute approximate surface area is 143 Å². The molecule has 1 aromatic heterocycles. The maximum atomic E-state index is 6.32. The number of nitrogens with one attached hydrogen (secondary N) is 1. The van der Waals surface area contributed by atoms with Crippen molar-refractivity contribution in [2.45, 2.75) is 12.6 Å². The highest BCUT2D eigenvalue weighted by Gasteiger charge is 2.21. The lowest BCUT2D eigenvalue weighted by molar-refractivity contribution is 0.365. The molecule has 0 saturated carbocycles. The molecule has 2 rings (SSSR count). The summed E-state index contributed by atoms with van der Waals surface area (Å²) < 4.78 is 3.09. The van der Waals surface area contributed by atoms with Crippen molar-refractivity contribution in [3.63, 3.8) is 0 Å². The first kappa shape index (κ1) is 16.7. The number of hydrogen-bond acceptors (Lipinski definition) is 4. The third-order valence-corrected chi connectivity index (χ3v) is 4.25. The number of hydrazine groups is 1. The van der Waals surface area contributed by atoms with Gasteiger partial charge in [0.05, 0.1) is 29.5 Å². The second-order valence-electron chi connectivity index (χ2n) is 5.06. The number of nitrogens with zero attached hydrogens (tertiary/aromatic N) is 3. The van der Waals surface area contributed by atoms with E-state index in [1.54, 1.807) is 6.20 Å². The minimum Gasteiger partial charge on any atom is -0.308 e. The average molecular weight is 420 g/mol. The zero-order valence-electron chi connectivity index (χ0n) is 12.1. The van der Waals surface area contributed by atoms with Crippen molar-refractivity contribution in [3.05, 3.63) is 50.3 Å². The molecular weight excluding hydrogens is 401 g/mol. The lowest BCUT2D eigenvalue weighted by atomic mass is 10.0. The molecule has 1 heterocycles. The quantitative estimate of drug-likeness (QED) is 0.428. The maximum Gasteiger partial charge on any atom is 0.0893 e. The van der Waals surface area contributed by atoms with Gasteiger partial charge in [0.25, 0.3) is 0 Å². The number of benzene rings is 1.